The van der Waals surface area contributed by atoms with Crippen LogP contribution >= 0.6 is 0 Å². The Bertz CT molecular complexity index is 515. The first kappa shape index (κ1) is 16.0. The Hall–Kier alpha value is -2.02. The maximum absolute atomic E-state index is 11.1. The second-order valence-corrected chi connectivity index (χ2v) is 5.89. The predicted octanol–water partition coefficient (Wildman–Crippen LogP) is 3.70. The number of anilines is 2. The van der Waals surface area contributed by atoms with Crippen LogP contribution in [0, 0.1) is 23.7 Å². The van der Waals surface area contributed by atoms with Crippen molar-refractivity contribution in [2.24, 2.45) is 5.41 Å². The molecule has 0 heterocycles. The molecule has 0 bridgehead atoms. The Kier molecular flexibility index (Phi) is 5.57. The molecular weight excluding hydrogens is 250 g/mol. The Morgan fingerprint density at radius 3 is 2.65 bits per heavy atom. The summed E-state index contributed by atoms with van der Waals surface area (Å²) in [6, 6.07) is 8.07. The van der Waals surface area contributed by atoms with Gasteiger partial charge in [0.25, 0.3) is 0 Å². The Balaban J connectivity index is 2.63. The van der Waals surface area contributed by atoms with Gasteiger partial charge in [-0.1, -0.05) is 13.8 Å². The average Bonchev–Trinajstić information content (AvgIpc) is 2.37. The minimum Gasteiger partial charge on any atom is -0.384 e. The lowest BCUT2D eigenvalue weighted by molar-refractivity contribution is -0.114. The zero-order valence-corrected chi connectivity index (χ0v) is 12.7. The van der Waals surface area contributed by atoms with Gasteiger partial charge in [-0.2, -0.15) is 5.26 Å². The highest BCUT2D eigenvalue weighted by Gasteiger charge is 2.17. The number of benzene rings is 1. The predicted molar refractivity (Wildman–Crippen MR) is 82.6 cm³/mol. The molecule has 4 heteroatoms. The number of nitrogens with zero attached hydrogens (tertiary/aromatic N) is 1. The number of rotatable bonds is 6. The van der Waals surface area contributed by atoms with Gasteiger partial charge in [-0.15, -0.1) is 0 Å². The lowest BCUT2D eigenvalue weighted by atomic mass is 9.88. The first-order valence-corrected chi connectivity index (χ1v) is 6.83. The van der Waals surface area contributed by atoms with Gasteiger partial charge in [0.05, 0.1) is 6.07 Å². The molecule has 4 nitrogen and oxygen atoms in total. The molecule has 20 heavy (non-hydrogen) atoms. The van der Waals surface area contributed by atoms with Crippen molar-refractivity contribution in [1.29, 1.82) is 5.26 Å². The van der Waals surface area contributed by atoms with Crippen LogP contribution in [0.2, 0.25) is 0 Å². The summed E-state index contributed by atoms with van der Waals surface area (Å²) in [4.78, 5) is 11.1. The Morgan fingerprint density at radius 1 is 1.40 bits per heavy atom. The van der Waals surface area contributed by atoms with E-state index in [0.717, 1.165) is 29.9 Å². The molecule has 2 N–H and O–H groups in total. The van der Waals surface area contributed by atoms with Crippen molar-refractivity contribution in [3.05, 3.63) is 23.8 Å². The number of hydrogen-bond acceptors (Lipinski definition) is 3. The highest BCUT2D eigenvalue weighted by atomic mass is 16.1. The van der Waals surface area contributed by atoms with Crippen LogP contribution < -0.4 is 10.6 Å². The summed E-state index contributed by atoms with van der Waals surface area (Å²) in [5, 5.41) is 14.8. The Morgan fingerprint density at radius 2 is 2.10 bits per heavy atom. The van der Waals surface area contributed by atoms with E-state index < -0.39 is 0 Å². The standard InChI is InChI=1S/C16H23N3O/c1-12-10-14(6-7-15(12)19-13(2)20)18-11-16(3,4)8-5-9-17/h6-7,10,18H,5,8,11H2,1-4H3,(H,19,20). The summed E-state index contributed by atoms with van der Waals surface area (Å²) < 4.78 is 0. The fraction of sp³-hybridized carbons (Fsp3) is 0.500. The number of carbonyl (C=O) groups is 1. The molecule has 1 rings (SSSR count). The van der Waals surface area contributed by atoms with Gasteiger partial charge < -0.3 is 10.6 Å². The van der Waals surface area contributed by atoms with E-state index in [-0.39, 0.29) is 11.3 Å². The maximum Gasteiger partial charge on any atom is 0.221 e. The number of amides is 1. The molecule has 0 aromatic heterocycles. The van der Waals surface area contributed by atoms with Gasteiger partial charge in [0, 0.05) is 31.3 Å². The minimum absolute atomic E-state index is 0.0635. The summed E-state index contributed by atoms with van der Waals surface area (Å²) in [5.41, 5.74) is 2.98. The lowest BCUT2D eigenvalue weighted by Gasteiger charge is -2.24. The van der Waals surface area contributed by atoms with E-state index >= 15 is 0 Å². The van der Waals surface area contributed by atoms with Crippen molar-refractivity contribution in [1.82, 2.24) is 0 Å². The second-order valence-electron chi connectivity index (χ2n) is 5.89. The van der Waals surface area contributed by atoms with Crippen molar-refractivity contribution in [3.8, 4) is 6.07 Å². The zero-order valence-electron chi connectivity index (χ0n) is 12.7. The molecule has 0 atom stereocenters. The van der Waals surface area contributed by atoms with Crippen LogP contribution in [-0.4, -0.2) is 12.5 Å². The molecule has 0 spiro atoms. The minimum atomic E-state index is -0.0635. The van der Waals surface area contributed by atoms with Crippen molar-refractivity contribution < 1.29 is 4.79 Å². The molecule has 0 radical (unpaired) electrons. The summed E-state index contributed by atoms with van der Waals surface area (Å²) in [6.07, 6.45) is 1.45. The number of aryl methyl sites for hydroxylation is 1. The summed E-state index contributed by atoms with van der Waals surface area (Å²) in [6.45, 7) is 8.58. The molecule has 0 aliphatic rings. The number of hydrogen-bond donors (Lipinski definition) is 2. The van der Waals surface area contributed by atoms with E-state index in [1.807, 2.05) is 25.1 Å². The molecule has 1 aromatic carbocycles. The van der Waals surface area contributed by atoms with E-state index in [0.29, 0.717) is 6.42 Å². The smallest absolute Gasteiger partial charge is 0.221 e. The number of nitrogens with one attached hydrogen (secondary N) is 2. The van der Waals surface area contributed by atoms with Crippen molar-refractivity contribution >= 4 is 17.3 Å². The quantitative estimate of drug-likeness (QED) is 0.830. The summed E-state index contributed by atoms with van der Waals surface area (Å²) >= 11 is 0. The highest BCUT2D eigenvalue weighted by molar-refractivity contribution is 5.89. The third kappa shape index (κ3) is 5.31. The largest absolute Gasteiger partial charge is 0.384 e. The molecule has 0 saturated heterocycles. The fourth-order valence-corrected chi connectivity index (χ4v) is 1.93. The van der Waals surface area contributed by atoms with Crippen LogP contribution in [0.4, 0.5) is 11.4 Å². The van der Waals surface area contributed by atoms with Gasteiger partial charge in [-0.05, 0) is 42.5 Å². The molecule has 0 aliphatic carbocycles. The van der Waals surface area contributed by atoms with Crippen LogP contribution in [0.5, 0.6) is 0 Å². The molecule has 0 fully saturated rings. The number of nitriles is 1. The molecule has 0 unspecified atom stereocenters. The fourth-order valence-electron chi connectivity index (χ4n) is 1.93. The average molecular weight is 273 g/mol. The third-order valence-electron chi connectivity index (χ3n) is 3.22. The first-order chi connectivity index (χ1) is 9.34. The van der Waals surface area contributed by atoms with E-state index in [2.05, 4.69) is 30.6 Å². The van der Waals surface area contributed by atoms with Gasteiger partial charge in [-0.3, -0.25) is 4.79 Å². The van der Waals surface area contributed by atoms with Crippen LogP contribution in [-0.2, 0) is 4.79 Å². The highest BCUT2D eigenvalue weighted by Crippen LogP contribution is 2.24. The number of carbonyl (C=O) groups excluding carboxylic acids is 1. The molecule has 108 valence electrons. The maximum atomic E-state index is 11.1. The second kappa shape index (κ2) is 6.95. The molecule has 1 aromatic rings. The van der Waals surface area contributed by atoms with Crippen molar-refractivity contribution in [2.45, 2.75) is 40.5 Å². The van der Waals surface area contributed by atoms with Crippen molar-refractivity contribution in [3.63, 3.8) is 0 Å². The van der Waals surface area contributed by atoms with E-state index in [1.54, 1.807) is 0 Å². The van der Waals surface area contributed by atoms with Crippen LogP contribution in [0.15, 0.2) is 18.2 Å². The Labute approximate surface area is 121 Å². The first-order valence-electron chi connectivity index (χ1n) is 6.83. The normalized spacial score (nSPS) is 10.8. The third-order valence-corrected chi connectivity index (χ3v) is 3.22. The van der Waals surface area contributed by atoms with Gasteiger partial charge in [0.15, 0.2) is 0 Å². The lowest BCUT2D eigenvalue weighted by Crippen LogP contribution is -2.23. The molecule has 0 aliphatic heterocycles. The molecule has 1 amide bonds. The topological polar surface area (TPSA) is 64.9 Å². The van der Waals surface area contributed by atoms with E-state index in [4.69, 9.17) is 5.26 Å². The van der Waals surface area contributed by atoms with Crippen LogP contribution in [0.1, 0.15) is 39.2 Å². The van der Waals surface area contributed by atoms with Gasteiger partial charge >= 0.3 is 0 Å². The van der Waals surface area contributed by atoms with E-state index in [1.165, 1.54) is 6.92 Å². The molecular formula is C16H23N3O. The SMILES string of the molecule is CC(=O)Nc1ccc(NCC(C)(C)CCC#N)cc1C. The summed E-state index contributed by atoms with van der Waals surface area (Å²) in [7, 11) is 0. The molecule has 0 saturated carbocycles. The van der Waals surface area contributed by atoms with Gasteiger partial charge in [0.1, 0.15) is 0 Å². The zero-order chi connectivity index (χ0) is 15.2. The van der Waals surface area contributed by atoms with Gasteiger partial charge in [-0.25, -0.2) is 0 Å². The van der Waals surface area contributed by atoms with E-state index in [9.17, 15) is 4.79 Å². The van der Waals surface area contributed by atoms with Crippen molar-refractivity contribution in [2.75, 3.05) is 17.2 Å². The van der Waals surface area contributed by atoms with Crippen LogP contribution in [0.25, 0.3) is 0 Å². The monoisotopic (exact) mass is 273 g/mol. The van der Waals surface area contributed by atoms with Gasteiger partial charge in [0.2, 0.25) is 5.91 Å². The van der Waals surface area contributed by atoms with Crippen LogP contribution in [0.3, 0.4) is 0 Å². The summed E-state index contributed by atoms with van der Waals surface area (Å²) in [5.74, 6) is -0.0635.